The number of carbonyl (C=O) groups is 1. The average molecular weight is 395 g/mol. The Morgan fingerprint density at radius 3 is 2.44 bits per heavy atom. The maximum atomic E-state index is 13.6. The second-order valence-electron chi connectivity index (χ2n) is 5.39. The van der Waals surface area contributed by atoms with Gasteiger partial charge >= 0.3 is 5.97 Å². The first-order valence-corrected chi connectivity index (χ1v) is 8.34. The van der Waals surface area contributed by atoms with Crippen LogP contribution in [0.5, 0.6) is 10.8 Å². The van der Waals surface area contributed by atoms with Crippen molar-refractivity contribution in [3.63, 3.8) is 0 Å². The van der Waals surface area contributed by atoms with Crippen molar-refractivity contribution in [1.82, 2.24) is 4.98 Å². The molecule has 0 radical (unpaired) electrons. The van der Waals surface area contributed by atoms with Gasteiger partial charge in [0.05, 0.1) is 18.9 Å². The maximum Gasteiger partial charge on any atom is 0.346 e. The number of ether oxygens (including phenoxy) is 2. The monoisotopic (exact) mass is 395 g/mol. The number of benzene rings is 1. The van der Waals surface area contributed by atoms with Gasteiger partial charge < -0.3 is 14.6 Å². The molecule has 1 aromatic carbocycles. The van der Waals surface area contributed by atoms with Crippen molar-refractivity contribution >= 4 is 17.3 Å². The molecule has 0 aliphatic heterocycles. The summed E-state index contributed by atoms with van der Waals surface area (Å²) in [6.07, 6.45) is 0.946. The summed E-state index contributed by atoms with van der Waals surface area (Å²) in [6.45, 7) is -0.245. The molecule has 3 aromatic rings. The number of hydrogen-bond acceptors (Lipinski definition) is 5. The normalized spacial score (nSPS) is 10.7. The van der Waals surface area contributed by atoms with Gasteiger partial charge in [-0.2, -0.15) is 0 Å². The third-order valence-electron chi connectivity index (χ3n) is 3.49. The fourth-order valence-corrected chi connectivity index (χ4v) is 3.20. The quantitative estimate of drug-likeness (QED) is 0.665. The first kappa shape index (κ1) is 18.7. The summed E-state index contributed by atoms with van der Waals surface area (Å²) in [5.41, 5.74) is 0.653. The lowest BCUT2D eigenvalue weighted by atomic mass is 10.1. The van der Waals surface area contributed by atoms with Gasteiger partial charge in [0.25, 0.3) is 0 Å². The molecule has 140 valence electrons. The highest BCUT2D eigenvalue weighted by atomic mass is 32.1. The number of nitrogens with zero attached hydrogens (tertiary/aromatic N) is 1. The molecule has 0 amide bonds. The van der Waals surface area contributed by atoms with Gasteiger partial charge in [0, 0.05) is 12.1 Å². The van der Waals surface area contributed by atoms with Crippen molar-refractivity contribution in [2.45, 2.75) is 6.61 Å². The van der Waals surface area contributed by atoms with Gasteiger partial charge in [-0.3, -0.25) is 0 Å². The Morgan fingerprint density at radius 2 is 1.81 bits per heavy atom. The number of aromatic nitrogens is 1. The number of carboxylic acids is 1. The first-order valence-electron chi connectivity index (χ1n) is 7.52. The number of thiophene rings is 1. The molecule has 0 aliphatic carbocycles. The van der Waals surface area contributed by atoms with Crippen LogP contribution in [0.2, 0.25) is 0 Å². The molecule has 0 unspecified atom stereocenters. The van der Waals surface area contributed by atoms with E-state index in [1.165, 1.54) is 13.2 Å². The van der Waals surface area contributed by atoms with E-state index >= 15 is 0 Å². The number of carboxylic acid groups (broad SMARTS) is 1. The van der Waals surface area contributed by atoms with Crippen LogP contribution in [-0.2, 0) is 6.61 Å². The molecular weight excluding hydrogens is 383 g/mol. The van der Waals surface area contributed by atoms with E-state index in [9.17, 15) is 18.0 Å². The first-order chi connectivity index (χ1) is 12.9. The third-order valence-corrected chi connectivity index (χ3v) is 4.57. The molecule has 0 saturated heterocycles. The SMILES string of the molecule is COc1sc(C(=O)O)cc1-c1ncc(F)cc1OCc1cc(F)cc(F)c1. The van der Waals surface area contributed by atoms with Crippen LogP contribution in [0.1, 0.15) is 15.2 Å². The molecule has 0 fully saturated rings. The molecule has 0 bridgehead atoms. The van der Waals surface area contributed by atoms with Gasteiger partial charge in [-0.05, 0) is 23.8 Å². The molecule has 0 saturated carbocycles. The molecule has 3 rings (SSSR count). The zero-order valence-electron chi connectivity index (χ0n) is 13.8. The number of hydrogen-bond donors (Lipinski definition) is 1. The molecule has 27 heavy (non-hydrogen) atoms. The van der Waals surface area contributed by atoms with Crippen LogP contribution >= 0.6 is 11.3 Å². The van der Waals surface area contributed by atoms with Crippen molar-refractivity contribution in [3.05, 3.63) is 64.4 Å². The van der Waals surface area contributed by atoms with E-state index in [2.05, 4.69) is 4.98 Å². The molecule has 0 aliphatic rings. The van der Waals surface area contributed by atoms with E-state index in [0.717, 1.165) is 41.8 Å². The van der Waals surface area contributed by atoms with Crippen molar-refractivity contribution in [1.29, 1.82) is 0 Å². The molecule has 2 heterocycles. The van der Waals surface area contributed by atoms with Gasteiger partial charge in [0.2, 0.25) is 0 Å². The molecule has 5 nitrogen and oxygen atoms in total. The maximum absolute atomic E-state index is 13.6. The lowest BCUT2D eigenvalue weighted by Crippen LogP contribution is -2.00. The standard InChI is InChI=1S/C18H12F3NO4S/c1-25-18-13(6-15(27-18)17(23)24)16-14(5-12(21)7-22-16)26-8-9-2-10(19)4-11(20)3-9/h2-7H,8H2,1H3,(H,23,24). The number of rotatable bonds is 6. The van der Waals surface area contributed by atoms with Crippen LogP contribution in [-0.4, -0.2) is 23.2 Å². The number of methoxy groups -OCH3 is 1. The Labute approximate surface area is 155 Å². The summed E-state index contributed by atoms with van der Waals surface area (Å²) in [5.74, 6) is -3.39. The predicted octanol–water partition coefficient (Wildman–Crippen LogP) is 4.51. The summed E-state index contributed by atoms with van der Waals surface area (Å²) < 4.78 is 50.9. The van der Waals surface area contributed by atoms with E-state index in [4.69, 9.17) is 14.6 Å². The fourth-order valence-electron chi connectivity index (χ4n) is 2.38. The van der Waals surface area contributed by atoms with Crippen molar-refractivity contribution in [2.75, 3.05) is 7.11 Å². The minimum absolute atomic E-state index is 0.00567. The van der Waals surface area contributed by atoms with E-state index in [0.29, 0.717) is 5.56 Å². The summed E-state index contributed by atoms with van der Waals surface area (Å²) >= 11 is 0.883. The van der Waals surface area contributed by atoms with Crippen molar-refractivity contribution < 1.29 is 32.5 Å². The summed E-state index contributed by atoms with van der Waals surface area (Å²) in [7, 11) is 1.36. The minimum atomic E-state index is -1.15. The van der Waals surface area contributed by atoms with Gasteiger partial charge in [-0.25, -0.2) is 22.9 Å². The zero-order valence-corrected chi connectivity index (χ0v) is 14.6. The highest BCUT2D eigenvalue weighted by Crippen LogP contribution is 2.41. The Bertz CT molecular complexity index is 986. The number of pyridine rings is 1. The van der Waals surface area contributed by atoms with Gasteiger partial charge in [0.1, 0.15) is 40.4 Å². The van der Waals surface area contributed by atoms with E-state index in [1.54, 1.807) is 0 Å². The lowest BCUT2D eigenvalue weighted by molar-refractivity contribution is 0.0702. The highest BCUT2D eigenvalue weighted by molar-refractivity contribution is 7.16. The minimum Gasteiger partial charge on any atom is -0.487 e. The predicted molar refractivity (Wildman–Crippen MR) is 91.7 cm³/mol. The Kier molecular flexibility index (Phi) is 5.31. The highest BCUT2D eigenvalue weighted by Gasteiger charge is 2.20. The van der Waals surface area contributed by atoms with Crippen LogP contribution in [0, 0.1) is 17.5 Å². The Morgan fingerprint density at radius 1 is 1.11 bits per heavy atom. The van der Waals surface area contributed by atoms with E-state index < -0.39 is 23.4 Å². The largest absolute Gasteiger partial charge is 0.487 e. The summed E-state index contributed by atoms with van der Waals surface area (Å²) in [5, 5.41) is 9.41. The van der Waals surface area contributed by atoms with Crippen LogP contribution in [0.3, 0.4) is 0 Å². The van der Waals surface area contributed by atoms with Gasteiger partial charge in [-0.1, -0.05) is 11.3 Å². The molecular formula is C18H12F3NO4S. The zero-order chi connectivity index (χ0) is 19.6. The van der Waals surface area contributed by atoms with Gasteiger partial charge in [-0.15, -0.1) is 0 Å². The van der Waals surface area contributed by atoms with Crippen molar-refractivity contribution in [2.24, 2.45) is 0 Å². The van der Waals surface area contributed by atoms with E-state index in [1.807, 2.05) is 0 Å². The summed E-state index contributed by atoms with van der Waals surface area (Å²) in [6, 6.07) is 5.28. The fraction of sp³-hybridized carbons (Fsp3) is 0.111. The second-order valence-corrected chi connectivity index (χ2v) is 6.40. The second kappa shape index (κ2) is 7.67. The van der Waals surface area contributed by atoms with Crippen LogP contribution < -0.4 is 9.47 Å². The molecule has 0 atom stereocenters. The number of aromatic carboxylic acids is 1. The Hall–Kier alpha value is -3.07. The van der Waals surface area contributed by atoms with E-state index in [-0.39, 0.29) is 33.6 Å². The van der Waals surface area contributed by atoms with Crippen molar-refractivity contribution in [3.8, 4) is 22.1 Å². The lowest BCUT2D eigenvalue weighted by Gasteiger charge is -2.11. The smallest absolute Gasteiger partial charge is 0.346 e. The van der Waals surface area contributed by atoms with Crippen LogP contribution in [0.15, 0.2) is 36.5 Å². The summed E-state index contributed by atoms with van der Waals surface area (Å²) in [4.78, 5) is 15.2. The number of halogens is 3. The molecule has 9 heteroatoms. The van der Waals surface area contributed by atoms with Crippen LogP contribution in [0.4, 0.5) is 13.2 Å². The average Bonchev–Trinajstić information content (AvgIpc) is 3.04. The topological polar surface area (TPSA) is 68.7 Å². The Balaban J connectivity index is 1.97. The third kappa shape index (κ3) is 4.20. The molecule has 0 spiro atoms. The van der Waals surface area contributed by atoms with Crippen LogP contribution in [0.25, 0.3) is 11.3 Å². The molecule has 2 aromatic heterocycles. The molecule has 1 N–H and O–H groups in total. The van der Waals surface area contributed by atoms with Gasteiger partial charge in [0.15, 0.2) is 5.06 Å².